The Bertz CT molecular complexity index is 395. The van der Waals surface area contributed by atoms with Crippen LogP contribution in [0.4, 0.5) is 0 Å². The van der Waals surface area contributed by atoms with Gasteiger partial charge in [0, 0.05) is 45.3 Å². The zero-order chi connectivity index (χ0) is 15.7. The Kier molecular flexibility index (Phi) is 7.70. The molecule has 0 radical (unpaired) electrons. The molecule has 0 aromatic rings. The van der Waals surface area contributed by atoms with E-state index in [0.717, 1.165) is 19.6 Å². The third-order valence-corrected chi connectivity index (χ3v) is 3.76. The minimum Gasteiger partial charge on any atom is -0.340 e. The standard InChI is InChI=1S/C14H24N6O/c1-18-8-9-20(13(10-17)11-18)12-14(21)19(6-2-4-15)7-3-5-16/h13H,2-3,6-12,17H2,1H3. The number of carbonyl (C=O) groups is 1. The summed E-state index contributed by atoms with van der Waals surface area (Å²) in [6.07, 6.45) is 0.584. The largest absolute Gasteiger partial charge is 0.340 e. The lowest BCUT2D eigenvalue weighted by Gasteiger charge is -2.39. The van der Waals surface area contributed by atoms with E-state index in [1.807, 2.05) is 19.2 Å². The number of nitriles is 2. The van der Waals surface area contributed by atoms with E-state index in [1.54, 1.807) is 4.90 Å². The highest BCUT2D eigenvalue weighted by Crippen LogP contribution is 2.08. The van der Waals surface area contributed by atoms with Crippen molar-refractivity contribution in [1.29, 1.82) is 10.5 Å². The molecule has 2 N–H and O–H groups in total. The smallest absolute Gasteiger partial charge is 0.236 e. The number of amides is 1. The molecule has 7 heteroatoms. The lowest BCUT2D eigenvalue weighted by atomic mass is 10.1. The number of nitrogens with two attached hydrogens (primary N) is 1. The molecule has 1 aliphatic heterocycles. The highest BCUT2D eigenvalue weighted by Gasteiger charge is 2.27. The lowest BCUT2D eigenvalue weighted by Crippen LogP contribution is -2.57. The average molecular weight is 292 g/mol. The number of nitrogens with zero attached hydrogens (tertiary/aromatic N) is 5. The van der Waals surface area contributed by atoms with Crippen LogP contribution in [0.15, 0.2) is 0 Å². The molecule has 1 aliphatic rings. The van der Waals surface area contributed by atoms with E-state index in [1.165, 1.54) is 0 Å². The SMILES string of the molecule is CN1CCN(CC(=O)N(CCC#N)CCC#N)C(CN)C1. The van der Waals surface area contributed by atoms with Gasteiger partial charge in [-0.15, -0.1) is 0 Å². The van der Waals surface area contributed by atoms with Gasteiger partial charge in [-0.1, -0.05) is 0 Å². The zero-order valence-corrected chi connectivity index (χ0v) is 12.7. The summed E-state index contributed by atoms with van der Waals surface area (Å²) < 4.78 is 0. The van der Waals surface area contributed by atoms with Gasteiger partial charge in [-0.25, -0.2) is 0 Å². The van der Waals surface area contributed by atoms with Gasteiger partial charge in [-0.05, 0) is 7.05 Å². The van der Waals surface area contributed by atoms with Gasteiger partial charge in [0.05, 0.1) is 31.5 Å². The van der Waals surface area contributed by atoms with E-state index in [0.29, 0.717) is 39.0 Å². The van der Waals surface area contributed by atoms with E-state index >= 15 is 0 Å². The number of carbonyl (C=O) groups excluding carboxylic acids is 1. The van der Waals surface area contributed by atoms with Gasteiger partial charge < -0.3 is 15.5 Å². The Morgan fingerprint density at radius 1 is 1.29 bits per heavy atom. The molecule has 1 heterocycles. The third-order valence-electron chi connectivity index (χ3n) is 3.76. The van der Waals surface area contributed by atoms with Crippen LogP contribution in [0, 0.1) is 22.7 Å². The quantitative estimate of drug-likeness (QED) is 0.660. The highest BCUT2D eigenvalue weighted by atomic mass is 16.2. The molecule has 7 nitrogen and oxygen atoms in total. The Balaban J connectivity index is 2.58. The van der Waals surface area contributed by atoms with Crippen molar-refractivity contribution in [3.05, 3.63) is 0 Å². The fraction of sp³-hybridized carbons (Fsp3) is 0.786. The fourth-order valence-electron chi connectivity index (χ4n) is 2.48. The van der Waals surface area contributed by atoms with Crippen molar-refractivity contribution in [1.82, 2.24) is 14.7 Å². The molecule has 1 unspecified atom stereocenters. The number of likely N-dealkylation sites (N-methyl/N-ethyl adjacent to an activating group) is 1. The summed E-state index contributed by atoms with van der Waals surface area (Å²) >= 11 is 0. The van der Waals surface area contributed by atoms with Gasteiger partial charge in [0.1, 0.15) is 0 Å². The monoisotopic (exact) mass is 292 g/mol. The predicted octanol–water partition coefficient (Wildman–Crippen LogP) is -0.783. The minimum atomic E-state index is -0.0245. The molecule has 1 saturated heterocycles. The molecule has 0 aromatic heterocycles. The van der Waals surface area contributed by atoms with E-state index < -0.39 is 0 Å². The van der Waals surface area contributed by atoms with Gasteiger partial charge >= 0.3 is 0 Å². The van der Waals surface area contributed by atoms with Gasteiger partial charge in [-0.3, -0.25) is 9.69 Å². The molecule has 0 aliphatic carbocycles. The zero-order valence-electron chi connectivity index (χ0n) is 12.7. The van der Waals surface area contributed by atoms with E-state index in [9.17, 15) is 4.79 Å². The van der Waals surface area contributed by atoms with Crippen LogP contribution in [0.3, 0.4) is 0 Å². The van der Waals surface area contributed by atoms with E-state index in [-0.39, 0.29) is 11.9 Å². The first-order valence-electron chi connectivity index (χ1n) is 7.26. The topological polar surface area (TPSA) is 100 Å². The molecule has 1 fully saturated rings. The first kappa shape index (κ1) is 17.4. The lowest BCUT2D eigenvalue weighted by molar-refractivity contribution is -0.133. The summed E-state index contributed by atoms with van der Waals surface area (Å²) in [6, 6.07) is 4.27. The molecule has 116 valence electrons. The van der Waals surface area contributed by atoms with Crippen LogP contribution in [-0.4, -0.2) is 79.5 Å². The first-order chi connectivity index (χ1) is 10.1. The van der Waals surface area contributed by atoms with E-state index in [4.69, 9.17) is 16.3 Å². The number of piperazine rings is 1. The normalized spacial score (nSPS) is 19.7. The maximum absolute atomic E-state index is 12.4. The van der Waals surface area contributed by atoms with Crippen LogP contribution in [0.5, 0.6) is 0 Å². The molecular weight excluding hydrogens is 268 g/mol. The van der Waals surface area contributed by atoms with Gasteiger partial charge in [-0.2, -0.15) is 10.5 Å². The molecule has 1 rings (SSSR count). The van der Waals surface area contributed by atoms with Crippen molar-refractivity contribution < 1.29 is 4.79 Å². The second-order valence-electron chi connectivity index (χ2n) is 5.32. The number of rotatable bonds is 7. The number of hydrogen-bond donors (Lipinski definition) is 1. The van der Waals surface area contributed by atoms with Crippen molar-refractivity contribution in [3.8, 4) is 12.1 Å². The number of hydrogen-bond acceptors (Lipinski definition) is 6. The van der Waals surface area contributed by atoms with Crippen LogP contribution in [0.1, 0.15) is 12.8 Å². The van der Waals surface area contributed by atoms with E-state index in [2.05, 4.69) is 9.80 Å². The Morgan fingerprint density at radius 3 is 2.43 bits per heavy atom. The molecule has 0 spiro atoms. The minimum absolute atomic E-state index is 0.0245. The van der Waals surface area contributed by atoms with Crippen molar-refractivity contribution in [3.63, 3.8) is 0 Å². The van der Waals surface area contributed by atoms with Gasteiger partial charge in [0.15, 0.2) is 0 Å². The summed E-state index contributed by atoms with van der Waals surface area (Å²) in [6.45, 7) is 4.20. The van der Waals surface area contributed by atoms with Crippen LogP contribution >= 0.6 is 0 Å². The summed E-state index contributed by atoms with van der Waals surface area (Å²) in [5, 5.41) is 17.3. The highest BCUT2D eigenvalue weighted by molar-refractivity contribution is 5.78. The summed E-state index contributed by atoms with van der Waals surface area (Å²) in [7, 11) is 2.05. The summed E-state index contributed by atoms with van der Waals surface area (Å²) in [5.41, 5.74) is 5.79. The first-order valence-corrected chi connectivity index (χ1v) is 7.26. The second-order valence-corrected chi connectivity index (χ2v) is 5.32. The Hall–Kier alpha value is -1.67. The van der Waals surface area contributed by atoms with Crippen molar-refractivity contribution >= 4 is 5.91 Å². The fourth-order valence-corrected chi connectivity index (χ4v) is 2.48. The summed E-state index contributed by atoms with van der Waals surface area (Å²) in [5.74, 6) is -0.0245. The van der Waals surface area contributed by atoms with Crippen LogP contribution < -0.4 is 5.73 Å². The van der Waals surface area contributed by atoms with Crippen LogP contribution in [0.2, 0.25) is 0 Å². The van der Waals surface area contributed by atoms with Gasteiger partial charge in [0.2, 0.25) is 5.91 Å². The molecule has 21 heavy (non-hydrogen) atoms. The van der Waals surface area contributed by atoms with Crippen molar-refractivity contribution in [2.75, 3.05) is 52.9 Å². The average Bonchev–Trinajstić information content (AvgIpc) is 2.49. The third kappa shape index (κ3) is 5.68. The molecular formula is C14H24N6O. The molecule has 1 atom stereocenters. The maximum atomic E-state index is 12.4. The predicted molar refractivity (Wildman–Crippen MR) is 79.0 cm³/mol. The summed E-state index contributed by atoms with van der Waals surface area (Å²) in [4.78, 5) is 18.3. The van der Waals surface area contributed by atoms with Gasteiger partial charge in [0.25, 0.3) is 0 Å². The second kappa shape index (κ2) is 9.30. The van der Waals surface area contributed by atoms with Crippen molar-refractivity contribution in [2.24, 2.45) is 5.73 Å². The molecule has 0 bridgehead atoms. The Labute approximate surface area is 126 Å². The van der Waals surface area contributed by atoms with Crippen molar-refractivity contribution in [2.45, 2.75) is 18.9 Å². The van der Waals surface area contributed by atoms with Crippen LogP contribution in [-0.2, 0) is 4.79 Å². The Morgan fingerprint density at radius 2 is 1.90 bits per heavy atom. The molecule has 1 amide bonds. The van der Waals surface area contributed by atoms with Crippen LogP contribution in [0.25, 0.3) is 0 Å². The molecule has 0 saturated carbocycles. The molecule has 0 aromatic carbocycles. The maximum Gasteiger partial charge on any atom is 0.236 e.